The lowest BCUT2D eigenvalue weighted by Crippen LogP contribution is -2.39. The number of hydrogen-bond donors (Lipinski definition) is 2. The molecule has 4 rings (SSSR count). The molecule has 31 heavy (non-hydrogen) atoms. The van der Waals surface area contributed by atoms with Crippen LogP contribution in [0.3, 0.4) is 0 Å². The summed E-state index contributed by atoms with van der Waals surface area (Å²) in [4.78, 5) is 27.2. The molecule has 1 aliphatic heterocycles. The summed E-state index contributed by atoms with van der Waals surface area (Å²) in [6, 6.07) is 21.2. The van der Waals surface area contributed by atoms with E-state index >= 15 is 0 Å². The Morgan fingerprint density at radius 1 is 0.903 bits per heavy atom. The summed E-state index contributed by atoms with van der Waals surface area (Å²) in [6.07, 6.45) is 2.74. The van der Waals surface area contributed by atoms with E-state index in [9.17, 15) is 9.59 Å². The molecule has 0 saturated heterocycles. The molecule has 1 aliphatic rings. The molecule has 0 atom stereocenters. The molecule has 0 unspecified atom stereocenters. The van der Waals surface area contributed by atoms with Crippen molar-refractivity contribution >= 4 is 28.8 Å². The van der Waals surface area contributed by atoms with Gasteiger partial charge in [-0.25, -0.2) is 0 Å². The van der Waals surface area contributed by atoms with Crippen molar-refractivity contribution in [1.29, 1.82) is 0 Å². The largest absolute Gasteiger partial charge is 0.367 e. The summed E-state index contributed by atoms with van der Waals surface area (Å²) in [7, 11) is 0. The van der Waals surface area contributed by atoms with Gasteiger partial charge in [-0.15, -0.1) is 11.3 Å². The van der Waals surface area contributed by atoms with Crippen molar-refractivity contribution in [2.45, 2.75) is 32.4 Å². The maximum atomic E-state index is 11.9. The number of amides is 2. The monoisotopic (exact) mass is 433 g/mol. The van der Waals surface area contributed by atoms with Gasteiger partial charge in [-0.05, 0) is 59.5 Å². The third kappa shape index (κ3) is 5.73. The Morgan fingerprint density at radius 3 is 2.45 bits per heavy atom. The molecule has 0 radical (unpaired) electrons. The van der Waals surface area contributed by atoms with Gasteiger partial charge < -0.3 is 15.5 Å². The average Bonchev–Trinajstić information content (AvgIpc) is 3.34. The number of anilines is 1. The quantitative estimate of drug-likeness (QED) is 0.441. The molecular formula is C25H27N3O2S. The highest BCUT2D eigenvalue weighted by atomic mass is 32.1. The van der Waals surface area contributed by atoms with Gasteiger partial charge in [0.25, 0.3) is 0 Å². The summed E-state index contributed by atoms with van der Waals surface area (Å²) in [6.45, 7) is 2.86. The Kier molecular flexibility index (Phi) is 6.99. The van der Waals surface area contributed by atoms with Crippen LogP contribution < -0.4 is 15.5 Å². The molecule has 2 aromatic carbocycles. The molecule has 2 heterocycles. The van der Waals surface area contributed by atoms with E-state index in [1.165, 1.54) is 22.4 Å². The van der Waals surface area contributed by atoms with Crippen LogP contribution in [0.4, 0.5) is 5.69 Å². The summed E-state index contributed by atoms with van der Waals surface area (Å²) in [5.41, 5.74) is 5.34. The zero-order chi connectivity index (χ0) is 21.5. The standard InChI is InChI=1S/C25H27N3O2S/c29-24(25(30)27-17-23-8-4-16-31-23)26-14-3-5-19-9-11-22(12-10-19)28-15-13-20-6-1-2-7-21(20)18-28/h1-2,4,6-12,16H,3,5,13-15,17-18H2,(H,26,29)(H,27,30). The second-order valence-electron chi connectivity index (χ2n) is 7.73. The number of fused-ring (bicyclic) bond motifs is 1. The smallest absolute Gasteiger partial charge is 0.309 e. The number of nitrogens with one attached hydrogen (secondary N) is 2. The number of nitrogens with zero attached hydrogens (tertiary/aromatic N) is 1. The highest BCUT2D eigenvalue weighted by molar-refractivity contribution is 7.09. The second kappa shape index (κ2) is 10.3. The fourth-order valence-electron chi connectivity index (χ4n) is 3.83. The Bertz CT molecular complexity index is 1020. The van der Waals surface area contributed by atoms with Crippen LogP contribution in [0.25, 0.3) is 0 Å². The predicted octanol–water partition coefficient (Wildman–Crippen LogP) is 3.68. The van der Waals surface area contributed by atoms with E-state index in [1.807, 2.05) is 17.5 Å². The van der Waals surface area contributed by atoms with Crippen molar-refractivity contribution in [3.05, 3.63) is 87.6 Å². The molecule has 6 heteroatoms. The first-order valence-electron chi connectivity index (χ1n) is 10.7. The van der Waals surface area contributed by atoms with Crippen molar-refractivity contribution in [1.82, 2.24) is 10.6 Å². The van der Waals surface area contributed by atoms with Gasteiger partial charge in [-0.1, -0.05) is 42.5 Å². The van der Waals surface area contributed by atoms with Gasteiger partial charge in [0.2, 0.25) is 0 Å². The Hall–Kier alpha value is -3.12. The molecular weight excluding hydrogens is 406 g/mol. The van der Waals surface area contributed by atoms with Gasteiger partial charge in [0, 0.05) is 30.2 Å². The van der Waals surface area contributed by atoms with Crippen LogP contribution in [0, 0.1) is 0 Å². The molecule has 0 fully saturated rings. The minimum Gasteiger partial charge on any atom is -0.367 e. The average molecular weight is 434 g/mol. The molecule has 160 valence electrons. The molecule has 5 nitrogen and oxygen atoms in total. The highest BCUT2D eigenvalue weighted by Crippen LogP contribution is 2.24. The molecule has 0 bridgehead atoms. The summed E-state index contributed by atoms with van der Waals surface area (Å²) in [5.74, 6) is -1.15. The number of rotatable bonds is 7. The Balaban J connectivity index is 1.18. The van der Waals surface area contributed by atoms with E-state index in [1.54, 1.807) is 11.3 Å². The Labute approximate surface area is 187 Å². The van der Waals surface area contributed by atoms with Crippen molar-refractivity contribution in [3.63, 3.8) is 0 Å². The minimum atomic E-state index is -0.583. The zero-order valence-electron chi connectivity index (χ0n) is 17.5. The van der Waals surface area contributed by atoms with Crippen LogP contribution in [0.2, 0.25) is 0 Å². The molecule has 2 N–H and O–H groups in total. The van der Waals surface area contributed by atoms with Gasteiger partial charge in [-0.2, -0.15) is 0 Å². The van der Waals surface area contributed by atoms with Crippen LogP contribution in [-0.4, -0.2) is 24.9 Å². The van der Waals surface area contributed by atoms with Crippen LogP contribution in [0.5, 0.6) is 0 Å². The van der Waals surface area contributed by atoms with Gasteiger partial charge in [0.05, 0.1) is 6.54 Å². The second-order valence-corrected chi connectivity index (χ2v) is 8.76. The molecule has 0 saturated carbocycles. The van der Waals surface area contributed by atoms with Gasteiger partial charge in [-0.3, -0.25) is 9.59 Å². The maximum Gasteiger partial charge on any atom is 0.309 e. The van der Waals surface area contributed by atoms with Crippen molar-refractivity contribution < 1.29 is 9.59 Å². The van der Waals surface area contributed by atoms with Crippen LogP contribution in [0.1, 0.15) is 28.0 Å². The summed E-state index contributed by atoms with van der Waals surface area (Å²) in [5, 5.41) is 7.29. The van der Waals surface area contributed by atoms with E-state index in [4.69, 9.17) is 0 Å². The summed E-state index contributed by atoms with van der Waals surface area (Å²) >= 11 is 1.55. The first kappa shape index (κ1) is 21.1. The number of thiophene rings is 1. The lowest BCUT2D eigenvalue weighted by atomic mass is 9.99. The number of carbonyl (C=O) groups excluding carboxylic acids is 2. The third-order valence-electron chi connectivity index (χ3n) is 5.57. The highest BCUT2D eigenvalue weighted by Gasteiger charge is 2.16. The minimum absolute atomic E-state index is 0.388. The molecule has 0 aliphatic carbocycles. The van der Waals surface area contributed by atoms with Crippen LogP contribution in [-0.2, 0) is 35.5 Å². The molecule has 1 aromatic heterocycles. The molecule has 0 spiro atoms. The van der Waals surface area contributed by atoms with Crippen LogP contribution >= 0.6 is 11.3 Å². The van der Waals surface area contributed by atoms with Crippen molar-refractivity contribution in [2.24, 2.45) is 0 Å². The van der Waals surface area contributed by atoms with Crippen LogP contribution in [0.15, 0.2) is 66.0 Å². The predicted molar refractivity (Wildman–Crippen MR) is 125 cm³/mol. The first-order chi connectivity index (χ1) is 15.2. The van der Waals surface area contributed by atoms with Crippen molar-refractivity contribution in [2.75, 3.05) is 18.0 Å². The lowest BCUT2D eigenvalue weighted by Gasteiger charge is -2.30. The zero-order valence-corrected chi connectivity index (χ0v) is 18.3. The van der Waals surface area contributed by atoms with Gasteiger partial charge in [0.1, 0.15) is 0 Å². The number of hydrogen-bond acceptors (Lipinski definition) is 4. The van der Waals surface area contributed by atoms with E-state index in [2.05, 4.69) is 64.1 Å². The van der Waals surface area contributed by atoms with E-state index in [0.717, 1.165) is 37.2 Å². The number of aryl methyl sites for hydroxylation is 1. The third-order valence-corrected chi connectivity index (χ3v) is 6.45. The molecule has 3 aromatic rings. The fraction of sp³-hybridized carbons (Fsp3) is 0.280. The van der Waals surface area contributed by atoms with E-state index in [0.29, 0.717) is 13.1 Å². The first-order valence-corrected chi connectivity index (χ1v) is 11.6. The number of benzene rings is 2. The van der Waals surface area contributed by atoms with Crippen molar-refractivity contribution in [3.8, 4) is 0 Å². The maximum absolute atomic E-state index is 11.9. The topological polar surface area (TPSA) is 61.4 Å². The van der Waals surface area contributed by atoms with Gasteiger partial charge >= 0.3 is 11.8 Å². The Morgan fingerprint density at radius 2 is 1.68 bits per heavy atom. The normalized spacial score (nSPS) is 12.8. The molecule has 2 amide bonds. The van der Waals surface area contributed by atoms with Gasteiger partial charge in [0.15, 0.2) is 0 Å². The number of carbonyl (C=O) groups is 2. The SMILES string of the molecule is O=C(NCCCc1ccc(N2CCc3ccccc3C2)cc1)C(=O)NCc1cccs1. The lowest BCUT2D eigenvalue weighted by molar-refractivity contribution is -0.139. The fourth-order valence-corrected chi connectivity index (χ4v) is 4.47. The summed E-state index contributed by atoms with van der Waals surface area (Å²) < 4.78 is 0. The van der Waals surface area contributed by atoms with E-state index in [-0.39, 0.29) is 0 Å². The van der Waals surface area contributed by atoms with E-state index < -0.39 is 11.8 Å².